The maximum absolute atomic E-state index is 5.35. The quantitative estimate of drug-likeness (QED) is 0.741. The van der Waals surface area contributed by atoms with Gasteiger partial charge in [0.05, 0.1) is 5.69 Å². The second-order valence-corrected chi connectivity index (χ2v) is 4.33. The van der Waals surface area contributed by atoms with E-state index in [2.05, 4.69) is 23.4 Å². The summed E-state index contributed by atoms with van der Waals surface area (Å²) in [6.07, 6.45) is 4.32. The minimum Gasteiger partial charge on any atom is -0.381 e. The number of aryl methyl sites for hydroxylation is 1. The molecule has 16 heavy (non-hydrogen) atoms. The maximum atomic E-state index is 5.35. The van der Waals surface area contributed by atoms with Gasteiger partial charge in [0, 0.05) is 32.5 Å². The number of nitrogens with zero attached hydrogens (tertiary/aromatic N) is 2. The molecule has 0 aliphatic carbocycles. The molecule has 0 radical (unpaired) electrons. The van der Waals surface area contributed by atoms with Crippen molar-refractivity contribution in [2.24, 2.45) is 5.92 Å². The van der Waals surface area contributed by atoms with Crippen LogP contribution in [-0.4, -0.2) is 29.5 Å². The maximum Gasteiger partial charge on any atom is 0.0521 e. The van der Waals surface area contributed by atoms with Crippen LogP contribution in [0, 0.1) is 5.92 Å². The van der Waals surface area contributed by atoms with Crippen molar-refractivity contribution in [3.8, 4) is 0 Å². The molecule has 0 aromatic carbocycles. The monoisotopic (exact) mass is 223 g/mol. The van der Waals surface area contributed by atoms with Crippen LogP contribution in [0.5, 0.6) is 0 Å². The molecule has 4 nitrogen and oxygen atoms in total. The summed E-state index contributed by atoms with van der Waals surface area (Å²) in [5, 5.41) is 7.72. The van der Waals surface area contributed by atoms with E-state index in [1.807, 2.05) is 10.9 Å². The first-order chi connectivity index (χ1) is 7.90. The smallest absolute Gasteiger partial charge is 0.0521 e. The standard InChI is InChI=1S/C12H21N3O/c1-2-15-12(4-7-14-15)9-13-6-3-11-5-8-16-10-11/h4,7,11,13H,2-3,5-6,8-10H2,1H3. The van der Waals surface area contributed by atoms with Crippen molar-refractivity contribution in [3.05, 3.63) is 18.0 Å². The molecule has 0 saturated carbocycles. The van der Waals surface area contributed by atoms with Crippen LogP contribution in [0.3, 0.4) is 0 Å². The van der Waals surface area contributed by atoms with Gasteiger partial charge >= 0.3 is 0 Å². The molecule has 1 unspecified atom stereocenters. The molecule has 0 bridgehead atoms. The third-order valence-corrected chi connectivity index (χ3v) is 3.16. The van der Waals surface area contributed by atoms with Gasteiger partial charge < -0.3 is 10.1 Å². The molecule has 1 aromatic heterocycles. The lowest BCUT2D eigenvalue weighted by Gasteiger charge is -2.09. The summed E-state index contributed by atoms with van der Waals surface area (Å²) < 4.78 is 7.39. The molecule has 90 valence electrons. The second-order valence-electron chi connectivity index (χ2n) is 4.33. The fourth-order valence-electron chi connectivity index (χ4n) is 2.13. The van der Waals surface area contributed by atoms with Crippen molar-refractivity contribution in [2.75, 3.05) is 19.8 Å². The van der Waals surface area contributed by atoms with Crippen molar-refractivity contribution >= 4 is 0 Å². The normalized spacial score (nSPS) is 20.4. The first-order valence-corrected chi connectivity index (χ1v) is 6.19. The fraction of sp³-hybridized carbons (Fsp3) is 0.750. The Morgan fingerprint density at radius 2 is 2.56 bits per heavy atom. The SMILES string of the molecule is CCn1nccc1CNCCC1CCOC1. The minimum atomic E-state index is 0.767. The molecule has 1 aromatic rings. The van der Waals surface area contributed by atoms with Crippen molar-refractivity contribution in [3.63, 3.8) is 0 Å². The molecule has 2 rings (SSSR count). The predicted molar refractivity (Wildman–Crippen MR) is 63.2 cm³/mol. The van der Waals surface area contributed by atoms with Gasteiger partial charge in [0.15, 0.2) is 0 Å². The van der Waals surface area contributed by atoms with Crippen molar-refractivity contribution in [1.82, 2.24) is 15.1 Å². The Bertz CT molecular complexity index is 305. The first-order valence-electron chi connectivity index (χ1n) is 6.19. The molecule has 1 atom stereocenters. The van der Waals surface area contributed by atoms with Gasteiger partial charge in [0.25, 0.3) is 0 Å². The van der Waals surface area contributed by atoms with Gasteiger partial charge in [-0.3, -0.25) is 4.68 Å². The third-order valence-electron chi connectivity index (χ3n) is 3.16. The number of hydrogen-bond acceptors (Lipinski definition) is 3. The molecule has 1 N–H and O–H groups in total. The van der Waals surface area contributed by atoms with Crippen LogP contribution in [-0.2, 0) is 17.8 Å². The Kier molecular flexibility index (Phi) is 4.36. The summed E-state index contributed by atoms with van der Waals surface area (Å²) in [4.78, 5) is 0. The van der Waals surface area contributed by atoms with Gasteiger partial charge in [-0.2, -0.15) is 5.10 Å². The minimum absolute atomic E-state index is 0.767. The summed E-state index contributed by atoms with van der Waals surface area (Å²) >= 11 is 0. The lowest BCUT2D eigenvalue weighted by atomic mass is 10.1. The highest BCUT2D eigenvalue weighted by molar-refractivity contribution is 4.99. The summed E-state index contributed by atoms with van der Waals surface area (Å²) in [5.74, 6) is 0.767. The van der Waals surface area contributed by atoms with E-state index >= 15 is 0 Å². The molecule has 1 aliphatic heterocycles. The lowest BCUT2D eigenvalue weighted by molar-refractivity contribution is 0.184. The van der Waals surface area contributed by atoms with Crippen LogP contribution in [0.1, 0.15) is 25.5 Å². The average molecular weight is 223 g/mol. The first kappa shape index (κ1) is 11.6. The van der Waals surface area contributed by atoms with E-state index in [9.17, 15) is 0 Å². The zero-order chi connectivity index (χ0) is 11.2. The molecular weight excluding hydrogens is 202 g/mol. The van der Waals surface area contributed by atoms with Crippen LogP contribution >= 0.6 is 0 Å². The summed E-state index contributed by atoms with van der Waals surface area (Å²) in [7, 11) is 0. The van der Waals surface area contributed by atoms with Crippen molar-refractivity contribution in [1.29, 1.82) is 0 Å². The van der Waals surface area contributed by atoms with Crippen molar-refractivity contribution in [2.45, 2.75) is 32.9 Å². The Morgan fingerprint density at radius 1 is 1.62 bits per heavy atom. The average Bonchev–Trinajstić information content (AvgIpc) is 2.95. The zero-order valence-corrected chi connectivity index (χ0v) is 9.98. The molecule has 1 saturated heterocycles. The van der Waals surface area contributed by atoms with E-state index in [4.69, 9.17) is 4.74 Å². The van der Waals surface area contributed by atoms with Crippen molar-refractivity contribution < 1.29 is 4.74 Å². The van der Waals surface area contributed by atoms with Crippen LogP contribution in [0.4, 0.5) is 0 Å². The molecule has 4 heteroatoms. The number of rotatable bonds is 6. The van der Waals surface area contributed by atoms with E-state index in [1.165, 1.54) is 18.5 Å². The van der Waals surface area contributed by atoms with Crippen LogP contribution in [0.25, 0.3) is 0 Å². The number of hydrogen-bond donors (Lipinski definition) is 1. The number of aromatic nitrogens is 2. The number of ether oxygens (including phenoxy) is 1. The summed E-state index contributed by atoms with van der Waals surface area (Å²) in [6, 6.07) is 2.08. The Labute approximate surface area is 97.0 Å². The highest BCUT2D eigenvalue weighted by atomic mass is 16.5. The van der Waals surface area contributed by atoms with Crippen LogP contribution in [0.15, 0.2) is 12.3 Å². The molecule has 2 heterocycles. The molecule has 0 spiro atoms. The second kappa shape index (κ2) is 6.01. The molecule has 1 fully saturated rings. The van der Waals surface area contributed by atoms with E-state index in [0.717, 1.165) is 38.8 Å². The third kappa shape index (κ3) is 3.06. The van der Waals surface area contributed by atoms with Gasteiger partial charge in [-0.15, -0.1) is 0 Å². The Hall–Kier alpha value is -0.870. The summed E-state index contributed by atoms with van der Waals surface area (Å²) in [6.45, 7) is 6.96. The van der Waals surface area contributed by atoms with Crippen LogP contribution < -0.4 is 5.32 Å². The van der Waals surface area contributed by atoms with Gasteiger partial charge in [0.1, 0.15) is 0 Å². The highest BCUT2D eigenvalue weighted by Gasteiger charge is 2.14. The van der Waals surface area contributed by atoms with E-state index in [0.29, 0.717) is 0 Å². The van der Waals surface area contributed by atoms with Gasteiger partial charge in [-0.1, -0.05) is 0 Å². The molecular formula is C12H21N3O. The van der Waals surface area contributed by atoms with Gasteiger partial charge in [-0.25, -0.2) is 0 Å². The number of nitrogens with one attached hydrogen (secondary N) is 1. The van der Waals surface area contributed by atoms with Gasteiger partial charge in [-0.05, 0) is 38.3 Å². The Balaban J connectivity index is 1.64. The van der Waals surface area contributed by atoms with Gasteiger partial charge in [0.2, 0.25) is 0 Å². The zero-order valence-electron chi connectivity index (χ0n) is 9.98. The van der Waals surface area contributed by atoms with Crippen LogP contribution in [0.2, 0.25) is 0 Å². The van der Waals surface area contributed by atoms with E-state index < -0.39 is 0 Å². The highest BCUT2D eigenvalue weighted by Crippen LogP contribution is 2.15. The topological polar surface area (TPSA) is 39.1 Å². The molecule has 1 aliphatic rings. The van der Waals surface area contributed by atoms with E-state index in [1.54, 1.807) is 0 Å². The fourth-order valence-corrected chi connectivity index (χ4v) is 2.13. The lowest BCUT2D eigenvalue weighted by Crippen LogP contribution is -2.20. The van der Waals surface area contributed by atoms with E-state index in [-0.39, 0.29) is 0 Å². The molecule has 0 amide bonds. The predicted octanol–water partition coefficient (Wildman–Crippen LogP) is 1.42. The largest absolute Gasteiger partial charge is 0.381 e. The summed E-state index contributed by atoms with van der Waals surface area (Å²) in [5.41, 5.74) is 1.27. The Morgan fingerprint density at radius 3 is 3.31 bits per heavy atom.